The van der Waals surface area contributed by atoms with Gasteiger partial charge in [-0.25, -0.2) is 4.79 Å². The molecule has 0 radical (unpaired) electrons. The van der Waals surface area contributed by atoms with Crippen LogP contribution >= 0.6 is 46.9 Å². The largest absolute Gasteiger partial charge is 0.450 e. The van der Waals surface area contributed by atoms with Gasteiger partial charge >= 0.3 is 6.09 Å². The van der Waals surface area contributed by atoms with Crippen LogP contribution in [0.2, 0.25) is 4.34 Å². The molecule has 7 nitrogen and oxygen atoms in total. The quantitative estimate of drug-likeness (QED) is 0.326. The molecular formula is C15H24ClIN4O3S. The molecule has 0 aromatic carbocycles. The number of hydrogen-bond donors (Lipinski definition) is 3. The number of rotatable bonds is 5. The molecule has 1 fully saturated rings. The summed E-state index contributed by atoms with van der Waals surface area (Å²) >= 11 is 7.17. The van der Waals surface area contributed by atoms with Crippen molar-refractivity contribution < 1.29 is 14.6 Å². The number of carbonyl (C=O) groups is 1. The van der Waals surface area contributed by atoms with E-state index in [1.54, 1.807) is 24.0 Å². The molecule has 2 heterocycles. The number of nitrogens with two attached hydrogens (primary N) is 1. The molecule has 0 bridgehead atoms. The van der Waals surface area contributed by atoms with Crippen LogP contribution in [0.3, 0.4) is 0 Å². The molecule has 1 saturated heterocycles. The molecule has 0 saturated carbocycles. The van der Waals surface area contributed by atoms with Crippen LogP contribution < -0.4 is 11.1 Å². The number of thiophene rings is 1. The Kier molecular flexibility index (Phi) is 9.83. The number of likely N-dealkylation sites (tertiary alicyclic amines) is 1. The molecular weight excluding hydrogens is 479 g/mol. The lowest BCUT2D eigenvalue weighted by molar-refractivity contribution is 0.0963. The van der Waals surface area contributed by atoms with Gasteiger partial charge in [0.25, 0.3) is 0 Å². The summed E-state index contributed by atoms with van der Waals surface area (Å²) in [5.41, 5.74) is 5.88. The van der Waals surface area contributed by atoms with Crippen LogP contribution in [0.25, 0.3) is 0 Å². The molecule has 0 aliphatic carbocycles. The summed E-state index contributed by atoms with van der Waals surface area (Å²) in [6.07, 6.45) is 0.569. The van der Waals surface area contributed by atoms with E-state index in [0.29, 0.717) is 30.0 Å². The highest BCUT2D eigenvalue weighted by Gasteiger charge is 2.23. The van der Waals surface area contributed by atoms with E-state index in [1.807, 2.05) is 0 Å². The fourth-order valence-electron chi connectivity index (χ4n) is 2.46. The van der Waals surface area contributed by atoms with Crippen molar-refractivity contribution in [3.05, 3.63) is 21.3 Å². The number of piperidine rings is 1. The predicted molar refractivity (Wildman–Crippen MR) is 111 cm³/mol. The first-order valence-corrected chi connectivity index (χ1v) is 9.10. The average Bonchev–Trinajstić information content (AvgIpc) is 3.00. The summed E-state index contributed by atoms with van der Waals surface area (Å²) < 4.78 is 5.62. The summed E-state index contributed by atoms with van der Waals surface area (Å²) in [4.78, 5) is 18.3. The van der Waals surface area contributed by atoms with Crippen LogP contribution in [-0.4, -0.2) is 54.3 Å². The number of nitrogens with zero attached hydrogens (tertiary/aromatic N) is 2. The van der Waals surface area contributed by atoms with E-state index in [9.17, 15) is 9.90 Å². The van der Waals surface area contributed by atoms with Gasteiger partial charge in [-0.2, -0.15) is 0 Å². The maximum atomic E-state index is 11.6. The van der Waals surface area contributed by atoms with E-state index >= 15 is 0 Å². The number of carbonyl (C=O) groups excluding carboxylic acids is 1. The van der Waals surface area contributed by atoms with Crippen LogP contribution in [0.15, 0.2) is 17.1 Å². The maximum absolute atomic E-state index is 11.6. The van der Waals surface area contributed by atoms with Gasteiger partial charge in [-0.3, -0.25) is 4.99 Å². The molecule has 1 aliphatic rings. The Labute approximate surface area is 173 Å². The molecule has 142 valence electrons. The number of guanidine groups is 1. The highest BCUT2D eigenvalue weighted by molar-refractivity contribution is 14.0. The second-order valence-electron chi connectivity index (χ2n) is 5.49. The summed E-state index contributed by atoms with van der Waals surface area (Å²) in [6.45, 7) is 3.61. The molecule has 0 spiro atoms. The lowest BCUT2D eigenvalue weighted by Crippen LogP contribution is -2.48. The average molecular weight is 503 g/mol. The number of aliphatic hydroxyl groups excluding tert-OH is 1. The molecule has 1 atom stereocenters. The summed E-state index contributed by atoms with van der Waals surface area (Å²) in [6, 6.07) is 3.68. The van der Waals surface area contributed by atoms with E-state index in [0.717, 1.165) is 17.7 Å². The Morgan fingerprint density at radius 3 is 2.80 bits per heavy atom. The van der Waals surface area contributed by atoms with Gasteiger partial charge in [-0.15, -0.1) is 35.3 Å². The van der Waals surface area contributed by atoms with Crippen molar-refractivity contribution in [2.45, 2.75) is 31.9 Å². The third-order valence-corrected chi connectivity index (χ3v) is 5.06. The minimum Gasteiger partial charge on any atom is -0.450 e. The van der Waals surface area contributed by atoms with Crippen LogP contribution in [0.1, 0.15) is 30.7 Å². The molecule has 25 heavy (non-hydrogen) atoms. The van der Waals surface area contributed by atoms with Crippen molar-refractivity contribution in [2.24, 2.45) is 10.7 Å². The van der Waals surface area contributed by atoms with Crippen molar-refractivity contribution in [1.29, 1.82) is 0 Å². The lowest BCUT2D eigenvalue weighted by Gasteiger charge is -2.31. The Morgan fingerprint density at radius 2 is 2.24 bits per heavy atom. The number of nitrogens with one attached hydrogen (secondary N) is 1. The minimum atomic E-state index is -0.714. The van der Waals surface area contributed by atoms with Gasteiger partial charge in [0.05, 0.1) is 17.5 Å². The number of aliphatic imine (C=N–C) groups is 1. The standard InChI is InChI=1S/C15H23ClN4O3S.HI/c1-2-23-15(22)20-7-5-10(6-8-20)19-14(17)18-9-11(21)12-3-4-13(16)24-12;/h3-4,10-11,21H,2,5-9H2,1H3,(H3,17,18,19);1H. The zero-order chi connectivity index (χ0) is 17.5. The van der Waals surface area contributed by atoms with Crippen molar-refractivity contribution in [3.8, 4) is 0 Å². The normalized spacial score (nSPS) is 16.9. The SMILES string of the molecule is CCOC(=O)N1CCC(NC(N)=NCC(O)c2ccc(Cl)s2)CC1.I. The number of amides is 1. The van der Waals surface area contributed by atoms with Crippen molar-refractivity contribution in [3.63, 3.8) is 0 Å². The van der Waals surface area contributed by atoms with Crippen LogP contribution in [-0.2, 0) is 4.74 Å². The molecule has 1 amide bonds. The van der Waals surface area contributed by atoms with Gasteiger partial charge in [-0.05, 0) is 31.9 Å². The first kappa shape index (κ1) is 22.3. The first-order chi connectivity index (χ1) is 11.5. The van der Waals surface area contributed by atoms with Gasteiger partial charge in [-0.1, -0.05) is 11.6 Å². The van der Waals surface area contributed by atoms with Gasteiger partial charge in [0.2, 0.25) is 0 Å². The number of hydrogen-bond acceptors (Lipinski definition) is 5. The summed E-state index contributed by atoms with van der Waals surface area (Å²) in [7, 11) is 0. The van der Waals surface area contributed by atoms with Crippen LogP contribution in [0.5, 0.6) is 0 Å². The Hall–Kier alpha value is -0.780. The monoisotopic (exact) mass is 502 g/mol. The van der Waals surface area contributed by atoms with Crippen molar-refractivity contribution in [1.82, 2.24) is 10.2 Å². The minimum absolute atomic E-state index is 0. The van der Waals surface area contributed by atoms with Crippen molar-refractivity contribution in [2.75, 3.05) is 26.2 Å². The molecule has 1 aromatic rings. The third-order valence-electron chi connectivity index (χ3n) is 3.73. The zero-order valence-electron chi connectivity index (χ0n) is 14.0. The second kappa shape index (κ2) is 11.0. The first-order valence-electron chi connectivity index (χ1n) is 7.91. The second-order valence-corrected chi connectivity index (χ2v) is 7.23. The number of halogens is 2. The van der Waals surface area contributed by atoms with Gasteiger partial charge in [0.1, 0.15) is 6.10 Å². The van der Waals surface area contributed by atoms with E-state index in [4.69, 9.17) is 22.1 Å². The van der Waals surface area contributed by atoms with E-state index in [1.165, 1.54) is 11.3 Å². The van der Waals surface area contributed by atoms with Crippen molar-refractivity contribution >= 4 is 59.0 Å². The Bertz CT molecular complexity index is 579. The predicted octanol–water partition coefficient (Wildman–Crippen LogP) is 2.58. The van der Waals surface area contributed by atoms with E-state index in [2.05, 4.69) is 10.3 Å². The molecule has 10 heteroatoms. The van der Waals surface area contributed by atoms with E-state index < -0.39 is 6.10 Å². The van der Waals surface area contributed by atoms with Crippen LogP contribution in [0, 0.1) is 0 Å². The topological polar surface area (TPSA) is 100 Å². The van der Waals surface area contributed by atoms with E-state index in [-0.39, 0.29) is 42.7 Å². The smallest absolute Gasteiger partial charge is 0.409 e. The Morgan fingerprint density at radius 1 is 1.56 bits per heavy atom. The molecule has 1 aliphatic heterocycles. The summed E-state index contributed by atoms with van der Waals surface area (Å²) in [5.74, 6) is 0.297. The zero-order valence-corrected chi connectivity index (χ0v) is 17.9. The van der Waals surface area contributed by atoms with Crippen LogP contribution in [0.4, 0.5) is 4.79 Å². The highest BCUT2D eigenvalue weighted by Crippen LogP contribution is 2.26. The maximum Gasteiger partial charge on any atom is 0.409 e. The Balaban J connectivity index is 0.00000312. The number of ether oxygens (including phenoxy) is 1. The van der Waals surface area contributed by atoms with Gasteiger partial charge in [0, 0.05) is 24.0 Å². The number of aliphatic hydroxyl groups is 1. The lowest BCUT2D eigenvalue weighted by atomic mass is 10.1. The highest BCUT2D eigenvalue weighted by atomic mass is 127. The van der Waals surface area contributed by atoms with Gasteiger partial charge in [0.15, 0.2) is 5.96 Å². The third kappa shape index (κ3) is 7.16. The molecule has 1 unspecified atom stereocenters. The molecule has 4 N–H and O–H groups in total. The van der Waals surface area contributed by atoms with Gasteiger partial charge < -0.3 is 25.8 Å². The fraction of sp³-hybridized carbons (Fsp3) is 0.600. The summed E-state index contributed by atoms with van der Waals surface area (Å²) in [5, 5.41) is 13.2. The molecule has 2 rings (SSSR count). The fourth-order valence-corrected chi connectivity index (χ4v) is 3.50. The molecule has 1 aromatic heterocycles.